The highest BCUT2D eigenvalue weighted by Crippen LogP contribution is 2.19. The van der Waals surface area contributed by atoms with Crippen LogP contribution in [0.2, 0.25) is 0 Å². The molecule has 0 fully saturated rings. The Morgan fingerprint density at radius 2 is 1.54 bits per heavy atom. The lowest BCUT2D eigenvalue weighted by Crippen LogP contribution is -2.20. The number of carbonyl (C=O) groups excluding carboxylic acids is 1. The summed E-state index contributed by atoms with van der Waals surface area (Å²) >= 11 is 0. The van der Waals surface area contributed by atoms with E-state index >= 15 is 0 Å². The van der Waals surface area contributed by atoms with E-state index in [9.17, 15) is 22.4 Å². The number of halogens is 4. The number of hydrogen-bond donors (Lipinski definition) is 0. The van der Waals surface area contributed by atoms with Crippen molar-refractivity contribution in [3.63, 3.8) is 0 Å². The molecule has 0 aromatic heterocycles. The van der Waals surface area contributed by atoms with Gasteiger partial charge < -0.3 is 4.74 Å². The van der Waals surface area contributed by atoms with Crippen molar-refractivity contribution in [3.05, 3.63) is 65.2 Å². The molecule has 0 aliphatic carbocycles. The number of alkyl halides is 4. The first kappa shape index (κ1) is 21.9. The summed E-state index contributed by atoms with van der Waals surface area (Å²) < 4.78 is 57.8. The van der Waals surface area contributed by atoms with Gasteiger partial charge in [0, 0.05) is 0 Å². The maximum atomic E-state index is 13.4. The average molecular weight is 398 g/mol. The predicted molar refractivity (Wildman–Crippen MR) is 97.1 cm³/mol. The molecule has 1 atom stereocenters. The molecule has 0 saturated carbocycles. The quantitative estimate of drug-likeness (QED) is 0.310. The van der Waals surface area contributed by atoms with Gasteiger partial charge in [0.1, 0.15) is 11.9 Å². The predicted octanol–water partition coefficient (Wildman–Crippen LogP) is 5.67. The SMILES string of the molecule is CCCc1ccc(C(=O)Oc2ccc(CCC(F)COC(F)(F)F)cc2)cc1. The van der Waals surface area contributed by atoms with Crippen molar-refractivity contribution in [1.82, 2.24) is 0 Å². The number of rotatable bonds is 9. The summed E-state index contributed by atoms with van der Waals surface area (Å²) in [6.07, 6.45) is -4.43. The highest BCUT2D eigenvalue weighted by Gasteiger charge is 2.30. The topological polar surface area (TPSA) is 35.5 Å². The third-order valence-corrected chi connectivity index (χ3v) is 4.04. The van der Waals surface area contributed by atoms with Crippen molar-refractivity contribution < 1.29 is 31.8 Å². The minimum Gasteiger partial charge on any atom is -0.423 e. The van der Waals surface area contributed by atoms with Crippen LogP contribution in [0.4, 0.5) is 17.6 Å². The standard InChI is InChI=1S/C21H22F4O3/c1-2-3-15-4-9-17(10-5-15)20(26)28-19-12-7-16(8-13-19)6-11-18(22)14-27-21(23,24)25/h4-5,7-10,12-13,18H,2-3,6,11,14H2,1H3. The Morgan fingerprint density at radius 3 is 2.11 bits per heavy atom. The Morgan fingerprint density at radius 1 is 0.964 bits per heavy atom. The Hall–Kier alpha value is -2.41. The Balaban J connectivity index is 1.82. The lowest BCUT2D eigenvalue weighted by Gasteiger charge is -2.11. The summed E-state index contributed by atoms with van der Waals surface area (Å²) in [5, 5.41) is 0. The van der Waals surface area contributed by atoms with Gasteiger partial charge in [0.05, 0.1) is 12.2 Å². The van der Waals surface area contributed by atoms with Gasteiger partial charge in [-0.15, -0.1) is 13.2 Å². The minimum atomic E-state index is -4.83. The van der Waals surface area contributed by atoms with Crippen molar-refractivity contribution in [2.45, 2.75) is 45.1 Å². The van der Waals surface area contributed by atoms with E-state index in [0.717, 1.165) is 24.0 Å². The molecule has 0 amide bonds. The number of ether oxygens (including phenoxy) is 2. The Bertz CT molecular complexity index is 740. The molecule has 1 unspecified atom stereocenters. The van der Waals surface area contributed by atoms with Crippen LogP contribution in [0.5, 0.6) is 5.75 Å². The number of aryl methyl sites for hydroxylation is 2. The molecule has 0 bridgehead atoms. The van der Waals surface area contributed by atoms with Crippen LogP contribution in [0.1, 0.15) is 41.3 Å². The van der Waals surface area contributed by atoms with Gasteiger partial charge in [0.2, 0.25) is 0 Å². The fourth-order valence-corrected chi connectivity index (χ4v) is 2.58. The summed E-state index contributed by atoms with van der Waals surface area (Å²) in [5.41, 5.74) is 2.31. The molecular formula is C21H22F4O3. The van der Waals surface area contributed by atoms with Crippen LogP contribution in [0, 0.1) is 0 Å². The summed E-state index contributed by atoms with van der Waals surface area (Å²) in [7, 11) is 0. The van der Waals surface area contributed by atoms with Crippen molar-refractivity contribution >= 4 is 5.97 Å². The van der Waals surface area contributed by atoms with E-state index in [2.05, 4.69) is 11.7 Å². The monoisotopic (exact) mass is 398 g/mol. The van der Waals surface area contributed by atoms with Gasteiger partial charge in [-0.25, -0.2) is 9.18 Å². The molecule has 152 valence electrons. The largest absolute Gasteiger partial charge is 0.522 e. The van der Waals surface area contributed by atoms with Crippen LogP contribution < -0.4 is 4.74 Å². The normalized spacial score (nSPS) is 12.6. The average Bonchev–Trinajstić information content (AvgIpc) is 2.66. The van der Waals surface area contributed by atoms with Crippen molar-refractivity contribution in [2.24, 2.45) is 0 Å². The second-order valence-electron chi connectivity index (χ2n) is 6.37. The molecular weight excluding hydrogens is 376 g/mol. The van der Waals surface area contributed by atoms with E-state index in [0.29, 0.717) is 11.3 Å². The zero-order valence-electron chi connectivity index (χ0n) is 15.5. The van der Waals surface area contributed by atoms with Crippen molar-refractivity contribution in [2.75, 3.05) is 6.61 Å². The van der Waals surface area contributed by atoms with E-state index in [-0.39, 0.29) is 12.8 Å². The molecule has 0 heterocycles. The number of benzene rings is 2. The van der Waals surface area contributed by atoms with Crippen LogP contribution >= 0.6 is 0 Å². The maximum absolute atomic E-state index is 13.4. The lowest BCUT2D eigenvalue weighted by atomic mass is 10.1. The summed E-state index contributed by atoms with van der Waals surface area (Å²) in [4.78, 5) is 12.2. The minimum absolute atomic E-state index is 0.0979. The molecule has 2 aromatic carbocycles. The van der Waals surface area contributed by atoms with Crippen LogP contribution in [0.15, 0.2) is 48.5 Å². The third kappa shape index (κ3) is 7.68. The highest BCUT2D eigenvalue weighted by atomic mass is 19.4. The van der Waals surface area contributed by atoms with Gasteiger partial charge in [-0.3, -0.25) is 4.74 Å². The van der Waals surface area contributed by atoms with E-state index in [1.165, 1.54) is 0 Å². The van der Waals surface area contributed by atoms with Crippen LogP contribution in [0.25, 0.3) is 0 Å². The fraction of sp³-hybridized carbons (Fsp3) is 0.381. The zero-order chi connectivity index (χ0) is 20.6. The van der Waals surface area contributed by atoms with Gasteiger partial charge in [-0.1, -0.05) is 37.6 Å². The molecule has 2 aromatic rings. The Labute approximate surface area is 161 Å². The van der Waals surface area contributed by atoms with E-state index < -0.39 is 25.1 Å². The van der Waals surface area contributed by atoms with Crippen molar-refractivity contribution in [1.29, 1.82) is 0 Å². The third-order valence-electron chi connectivity index (χ3n) is 4.04. The molecule has 0 aliphatic rings. The van der Waals surface area contributed by atoms with Gasteiger partial charge in [0.25, 0.3) is 0 Å². The molecule has 0 spiro atoms. The fourth-order valence-electron chi connectivity index (χ4n) is 2.58. The number of carbonyl (C=O) groups is 1. The summed E-state index contributed by atoms with van der Waals surface area (Å²) in [6, 6.07) is 13.6. The van der Waals surface area contributed by atoms with Gasteiger partial charge in [-0.05, 0) is 54.7 Å². The molecule has 0 aliphatic heterocycles. The van der Waals surface area contributed by atoms with Gasteiger partial charge in [0.15, 0.2) is 0 Å². The van der Waals surface area contributed by atoms with Crippen LogP contribution in [-0.4, -0.2) is 25.1 Å². The molecule has 0 radical (unpaired) electrons. The second kappa shape index (κ2) is 10.2. The molecule has 0 N–H and O–H groups in total. The van der Waals surface area contributed by atoms with Crippen LogP contribution in [-0.2, 0) is 17.6 Å². The molecule has 3 nitrogen and oxygen atoms in total. The van der Waals surface area contributed by atoms with E-state index in [1.807, 2.05) is 12.1 Å². The number of esters is 1. The first-order valence-corrected chi connectivity index (χ1v) is 9.01. The molecule has 2 rings (SSSR count). The van der Waals surface area contributed by atoms with E-state index in [4.69, 9.17) is 4.74 Å². The second-order valence-corrected chi connectivity index (χ2v) is 6.37. The lowest BCUT2D eigenvalue weighted by molar-refractivity contribution is -0.328. The molecule has 7 heteroatoms. The zero-order valence-corrected chi connectivity index (χ0v) is 15.5. The number of hydrogen-bond acceptors (Lipinski definition) is 3. The van der Waals surface area contributed by atoms with Gasteiger partial charge >= 0.3 is 12.3 Å². The van der Waals surface area contributed by atoms with E-state index in [1.54, 1.807) is 36.4 Å². The first-order chi connectivity index (χ1) is 13.3. The van der Waals surface area contributed by atoms with Gasteiger partial charge in [-0.2, -0.15) is 0 Å². The molecule has 0 saturated heterocycles. The smallest absolute Gasteiger partial charge is 0.423 e. The van der Waals surface area contributed by atoms with Crippen LogP contribution in [0.3, 0.4) is 0 Å². The highest BCUT2D eigenvalue weighted by molar-refractivity contribution is 5.91. The summed E-state index contributed by atoms with van der Waals surface area (Å²) in [5.74, 6) is -0.146. The maximum Gasteiger partial charge on any atom is 0.522 e. The Kier molecular flexibility index (Phi) is 7.99. The molecule has 28 heavy (non-hydrogen) atoms. The van der Waals surface area contributed by atoms with Crippen molar-refractivity contribution in [3.8, 4) is 5.75 Å². The summed E-state index contributed by atoms with van der Waals surface area (Å²) in [6.45, 7) is 1.06. The first-order valence-electron chi connectivity index (χ1n) is 9.01.